The van der Waals surface area contributed by atoms with Crippen LogP contribution in [-0.2, 0) is 4.79 Å². The van der Waals surface area contributed by atoms with Crippen LogP contribution in [0.3, 0.4) is 0 Å². The molecule has 1 aromatic rings. The first kappa shape index (κ1) is 16.5. The molecule has 1 aliphatic rings. The van der Waals surface area contributed by atoms with Crippen molar-refractivity contribution in [3.63, 3.8) is 0 Å². The molecule has 0 spiro atoms. The summed E-state index contributed by atoms with van der Waals surface area (Å²) >= 11 is 0. The predicted molar refractivity (Wildman–Crippen MR) is 81.3 cm³/mol. The molecular weight excluding hydrogens is 278 g/mol. The van der Waals surface area contributed by atoms with Crippen molar-refractivity contribution in [2.75, 3.05) is 32.5 Å². The summed E-state index contributed by atoms with van der Waals surface area (Å²) < 4.78 is 0. The summed E-state index contributed by atoms with van der Waals surface area (Å²) in [6.07, 6.45) is 0.878. The van der Waals surface area contributed by atoms with Gasteiger partial charge in [-0.25, -0.2) is 0 Å². The number of halogens is 1. The molecule has 1 aliphatic heterocycles. The lowest BCUT2D eigenvalue weighted by Gasteiger charge is -2.12. The first-order chi connectivity index (χ1) is 9.08. The van der Waals surface area contributed by atoms with E-state index in [9.17, 15) is 9.59 Å². The van der Waals surface area contributed by atoms with Gasteiger partial charge in [-0.3, -0.25) is 9.59 Å². The molecule has 110 valence electrons. The molecule has 2 amide bonds. The van der Waals surface area contributed by atoms with E-state index in [2.05, 4.69) is 10.6 Å². The van der Waals surface area contributed by atoms with Crippen LogP contribution in [-0.4, -0.2) is 43.9 Å². The van der Waals surface area contributed by atoms with E-state index in [0.29, 0.717) is 5.56 Å². The molecule has 1 fully saturated rings. The maximum atomic E-state index is 11.9. The number of nitrogens with zero attached hydrogens (tertiary/aromatic N) is 1. The monoisotopic (exact) mass is 297 g/mol. The van der Waals surface area contributed by atoms with Crippen LogP contribution in [0.5, 0.6) is 0 Å². The number of benzene rings is 1. The van der Waals surface area contributed by atoms with Crippen LogP contribution < -0.4 is 10.6 Å². The normalized spacial score (nSPS) is 17.2. The molecule has 6 heteroatoms. The van der Waals surface area contributed by atoms with Crippen LogP contribution >= 0.6 is 12.4 Å². The highest BCUT2D eigenvalue weighted by Crippen LogP contribution is 2.14. The summed E-state index contributed by atoms with van der Waals surface area (Å²) in [4.78, 5) is 25.2. The Morgan fingerprint density at radius 1 is 1.25 bits per heavy atom. The van der Waals surface area contributed by atoms with Gasteiger partial charge >= 0.3 is 0 Å². The van der Waals surface area contributed by atoms with Crippen LogP contribution in [0.25, 0.3) is 0 Å². The fourth-order valence-corrected chi connectivity index (χ4v) is 2.08. The Morgan fingerprint density at radius 2 is 1.90 bits per heavy atom. The zero-order chi connectivity index (χ0) is 13.8. The first-order valence-electron chi connectivity index (χ1n) is 6.41. The molecule has 2 rings (SSSR count). The van der Waals surface area contributed by atoms with Gasteiger partial charge < -0.3 is 15.5 Å². The molecule has 1 saturated heterocycles. The van der Waals surface area contributed by atoms with E-state index in [0.717, 1.165) is 25.2 Å². The molecule has 0 aromatic heterocycles. The van der Waals surface area contributed by atoms with Crippen molar-refractivity contribution in [2.45, 2.75) is 6.42 Å². The third kappa shape index (κ3) is 3.95. The molecule has 0 aliphatic carbocycles. The number of amides is 2. The van der Waals surface area contributed by atoms with Crippen molar-refractivity contribution in [3.8, 4) is 0 Å². The second kappa shape index (κ2) is 7.26. The standard InChI is InChI=1S/C14H19N3O2.ClH/c1-17(2)14(19)10-3-5-12(6-4-10)16-13(18)11-7-8-15-9-11;/h3-6,11,15H,7-9H2,1-2H3,(H,16,18);1H. The topological polar surface area (TPSA) is 61.4 Å². The van der Waals surface area contributed by atoms with Gasteiger partial charge in [0.1, 0.15) is 0 Å². The van der Waals surface area contributed by atoms with Gasteiger partial charge in [0.05, 0.1) is 5.92 Å². The largest absolute Gasteiger partial charge is 0.345 e. The van der Waals surface area contributed by atoms with Crippen molar-refractivity contribution in [1.29, 1.82) is 0 Å². The first-order valence-corrected chi connectivity index (χ1v) is 6.41. The number of carbonyl (C=O) groups is 2. The lowest BCUT2D eigenvalue weighted by molar-refractivity contribution is -0.119. The van der Waals surface area contributed by atoms with E-state index in [1.54, 1.807) is 38.4 Å². The quantitative estimate of drug-likeness (QED) is 0.885. The van der Waals surface area contributed by atoms with E-state index >= 15 is 0 Å². The molecular formula is C14H20ClN3O2. The van der Waals surface area contributed by atoms with Gasteiger partial charge in [0.15, 0.2) is 0 Å². The van der Waals surface area contributed by atoms with Gasteiger partial charge in [-0.05, 0) is 37.2 Å². The van der Waals surface area contributed by atoms with Crippen molar-refractivity contribution < 1.29 is 9.59 Å². The lowest BCUT2D eigenvalue weighted by atomic mass is 10.1. The minimum absolute atomic E-state index is 0. The Kier molecular flexibility index (Phi) is 5.98. The van der Waals surface area contributed by atoms with Crippen molar-refractivity contribution >= 4 is 29.9 Å². The molecule has 2 N–H and O–H groups in total. The highest BCUT2D eigenvalue weighted by Gasteiger charge is 2.22. The molecule has 1 aromatic carbocycles. The number of hydrogen-bond donors (Lipinski definition) is 2. The van der Waals surface area contributed by atoms with E-state index in [4.69, 9.17) is 0 Å². The molecule has 0 radical (unpaired) electrons. The Labute approximate surface area is 125 Å². The van der Waals surface area contributed by atoms with E-state index in [1.165, 1.54) is 4.90 Å². The Balaban J connectivity index is 0.00000200. The fraction of sp³-hybridized carbons (Fsp3) is 0.429. The third-order valence-corrected chi connectivity index (χ3v) is 3.24. The molecule has 1 heterocycles. The van der Waals surface area contributed by atoms with Crippen LogP contribution in [0.15, 0.2) is 24.3 Å². The molecule has 0 bridgehead atoms. The van der Waals surface area contributed by atoms with E-state index in [1.807, 2.05) is 0 Å². The van der Waals surface area contributed by atoms with Crippen molar-refractivity contribution in [1.82, 2.24) is 10.2 Å². The highest BCUT2D eigenvalue weighted by molar-refractivity contribution is 5.96. The Hall–Kier alpha value is -1.59. The molecule has 5 nitrogen and oxygen atoms in total. The molecule has 20 heavy (non-hydrogen) atoms. The molecule has 1 unspecified atom stereocenters. The second-order valence-corrected chi connectivity index (χ2v) is 4.96. The number of nitrogens with one attached hydrogen (secondary N) is 2. The van der Waals surface area contributed by atoms with E-state index < -0.39 is 0 Å². The summed E-state index contributed by atoms with van der Waals surface area (Å²) in [6, 6.07) is 6.98. The van der Waals surface area contributed by atoms with Crippen molar-refractivity contribution in [3.05, 3.63) is 29.8 Å². The number of hydrogen-bond acceptors (Lipinski definition) is 3. The minimum atomic E-state index is -0.0436. The smallest absolute Gasteiger partial charge is 0.253 e. The average molecular weight is 298 g/mol. The van der Waals surface area contributed by atoms with Gasteiger partial charge in [-0.1, -0.05) is 0 Å². The second-order valence-electron chi connectivity index (χ2n) is 4.96. The summed E-state index contributed by atoms with van der Waals surface area (Å²) in [5.74, 6) is 0.0395. The predicted octanol–water partition coefficient (Wildman–Crippen LogP) is 1.36. The number of carbonyl (C=O) groups excluding carboxylic acids is 2. The van der Waals surface area contributed by atoms with Crippen LogP contribution in [0.1, 0.15) is 16.8 Å². The van der Waals surface area contributed by atoms with Crippen LogP contribution in [0.2, 0.25) is 0 Å². The Morgan fingerprint density at radius 3 is 2.40 bits per heavy atom. The van der Waals surface area contributed by atoms with Crippen molar-refractivity contribution in [2.24, 2.45) is 5.92 Å². The summed E-state index contributed by atoms with van der Waals surface area (Å²) in [6.45, 7) is 1.64. The summed E-state index contributed by atoms with van der Waals surface area (Å²) in [5, 5.41) is 6.04. The fourth-order valence-electron chi connectivity index (χ4n) is 2.08. The van der Waals surface area contributed by atoms with Gasteiger partial charge in [0.25, 0.3) is 5.91 Å². The van der Waals surface area contributed by atoms with Gasteiger partial charge in [-0.2, -0.15) is 0 Å². The highest BCUT2D eigenvalue weighted by atomic mass is 35.5. The number of anilines is 1. The SMILES string of the molecule is CN(C)C(=O)c1ccc(NC(=O)C2CCNC2)cc1.Cl. The molecule has 1 atom stereocenters. The zero-order valence-corrected chi connectivity index (χ0v) is 12.5. The summed E-state index contributed by atoms with van der Waals surface area (Å²) in [7, 11) is 3.43. The van der Waals surface area contributed by atoms with Gasteiger partial charge in [0, 0.05) is 31.9 Å². The molecule has 0 saturated carbocycles. The van der Waals surface area contributed by atoms with E-state index in [-0.39, 0.29) is 30.1 Å². The average Bonchev–Trinajstić information content (AvgIpc) is 2.92. The van der Waals surface area contributed by atoms with Crippen LogP contribution in [0.4, 0.5) is 5.69 Å². The van der Waals surface area contributed by atoms with Gasteiger partial charge in [0.2, 0.25) is 5.91 Å². The Bertz CT molecular complexity index is 468. The third-order valence-electron chi connectivity index (χ3n) is 3.24. The lowest BCUT2D eigenvalue weighted by Crippen LogP contribution is -2.25. The minimum Gasteiger partial charge on any atom is -0.345 e. The maximum absolute atomic E-state index is 11.9. The van der Waals surface area contributed by atoms with Gasteiger partial charge in [-0.15, -0.1) is 12.4 Å². The maximum Gasteiger partial charge on any atom is 0.253 e. The zero-order valence-electron chi connectivity index (χ0n) is 11.7. The summed E-state index contributed by atoms with van der Waals surface area (Å²) in [5.41, 5.74) is 1.35. The number of rotatable bonds is 3. The van der Waals surface area contributed by atoms with Crippen LogP contribution in [0, 0.1) is 5.92 Å².